The molecule has 1 atom stereocenters. The summed E-state index contributed by atoms with van der Waals surface area (Å²) in [4.78, 5) is 44.7. The Morgan fingerprint density at radius 2 is 1.97 bits per heavy atom. The van der Waals surface area contributed by atoms with Crippen LogP contribution in [0.2, 0.25) is 0 Å². The number of likely N-dealkylation sites (tertiary alicyclic amines) is 1. The van der Waals surface area contributed by atoms with Gasteiger partial charge in [-0.25, -0.2) is 9.18 Å². The molecule has 1 aliphatic carbocycles. The van der Waals surface area contributed by atoms with E-state index in [1.54, 1.807) is 12.1 Å². The number of imide groups is 1. The van der Waals surface area contributed by atoms with Crippen LogP contribution in [0.5, 0.6) is 0 Å². The van der Waals surface area contributed by atoms with E-state index in [-0.39, 0.29) is 30.0 Å². The van der Waals surface area contributed by atoms with Gasteiger partial charge in [0.15, 0.2) is 0 Å². The number of piperidine rings is 1. The minimum absolute atomic E-state index is 0.103. The molecule has 7 nitrogen and oxygen atoms in total. The number of nitrogens with zero attached hydrogens (tertiary/aromatic N) is 3. The van der Waals surface area contributed by atoms with Gasteiger partial charge in [-0.05, 0) is 76.2 Å². The standard InChI is InChI=1S/C26H35FN4O3/c1-29(2)15-16-31-24(33)26(28-25(31)34,18-19-7-6-10-22(27)17-19)21-11-13-30(14-12-21)23(32)20-8-4-3-5-9-20/h6-8,10,17,21H,3-5,9,11-16,18H2,1-2H3,(H,28,34)/t26-/m0/s1. The van der Waals surface area contributed by atoms with Crippen molar-refractivity contribution < 1.29 is 18.8 Å². The number of hydrogen-bond donors (Lipinski definition) is 1. The predicted molar refractivity (Wildman–Crippen MR) is 127 cm³/mol. The molecule has 0 spiro atoms. The number of carbonyl (C=O) groups is 3. The van der Waals surface area contributed by atoms with Crippen molar-refractivity contribution in [2.75, 3.05) is 40.3 Å². The molecule has 0 aromatic heterocycles. The quantitative estimate of drug-likeness (QED) is 0.622. The van der Waals surface area contributed by atoms with Gasteiger partial charge in [-0.3, -0.25) is 14.5 Å². The highest BCUT2D eigenvalue weighted by Crippen LogP contribution is 2.37. The third-order valence-electron chi connectivity index (χ3n) is 7.39. The molecular formula is C26H35FN4O3. The molecule has 2 fully saturated rings. The first-order valence-electron chi connectivity index (χ1n) is 12.3. The van der Waals surface area contributed by atoms with Crippen molar-refractivity contribution in [2.24, 2.45) is 5.92 Å². The molecule has 2 saturated heterocycles. The molecule has 2 heterocycles. The average Bonchev–Trinajstić information content (AvgIpc) is 3.07. The number of halogens is 1. The summed E-state index contributed by atoms with van der Waals surface area (Å²) >= 11 is 0. The lowest BCUT2D eigenvalue weighted by Gasteiger charge is -2.41. The maximum absolute atomic E-state index is 13.9. The number of hydrogen-bond acceptors (Lipinski definition) is 4. The van der Waals surface area contributed by atoms with Crippen LogP contribution in [0, 0.1) is 11.7 Å². The molecule has 0 unspecified atom stereocenters. The van der Waals surface area contributed by atoms with Gasteiger partial charge in [-0.2, -0.15) is 0 Å². The Balaban J connectivity index is 1.54. The Labute approximate surface area is 201 Å². The topological polar surface area (TPSA) is 73.0 Å². The van der Waals surface area contributed by atoms with E-state index in [2.05, 4.69) is 11.4 Å². The number of nitrogens with one attached hydrogen (secondary N) is 1. The van der Waals surface area contributed by atoms with Crippen molar-refractivity contribution in [3.63, 3.8) is 0 Å². The van der Waals surface area contributed by atoms with E-state index in [0.29, 0.717) is 44.6 Å². The van der Waals surface area contributed by atoms with Crippen LogP contribution in [0.1, 0.15) is 44.1 Å². The summed E-state index contributed by atoms with van der Waals surface area (Å²) in [5, 5.41) is 3.02. The normalized spacial score (nSPS) is 23.9. The summed E-state index contributed by atoms with van der Waals surface area (Å²) < 4.78 is 13.9. The highest BCUT2D eigenvalue weighted by molar-refractivity contribution is 6.07. The molecule has 1 N–H and O–H groups in total. The zero-order valence-corrected chi connectivity index (χ0v) is 20.2. The Morgan fingerprint density at radius 3 is 2.62 bits per heavy atom. The van der Waals surface area contributed by atoms with E-state index in [9.17, 15) is 18.8 Å². The molecule has 184 valence electrons. The number of likely N-dealkylation sites (N-methyl/N-ethyl adjacent to an activating group) is 1. The molecule has 0 saturated carbocycles. The third-order valence-corrected chi connectivity index (χ3v) is 7.39. The monoisotopic (exact) mass is 470 g/mol. The Morgan fingerprint density at radius 1 is 1.21 bits per heavy atom. The summed E-state index contributed by atoms with van der Waals surface area (Å²) in [6.07, 6.45) is 7.49. The predicted octanol–water partition coefficient (Wildman–Crippen LogP) is 2.96. The Bertz CT molecular complexity index is 971. The lowest BCUT2D eigenvalue weighted by Crippen LogP contribution is -2.58. The Hall–Kier alpha value is -2.74. The van der Waals surface area contributed by atoms with Crippen LogP contribution in [0.4, 0.5) is 9.18 Å². The van der Waals surface area contributed by atoms with Gasteiger partial charge in [-0.15, -0.1) is 0 Å². The highest BCUT2D eigenvalue weighted by atomic mass is 19.1. The summed E-state index contributed by atoms with van der Waals surface area (Å²) in [6.45, 7) is 1.96. The second kappa shape index (κ2) is 10.3. The molecule has 4 rings (SSSR count). The van der Waals surface area contributed by atoms with Gasteiger partial charge in [-0.1, -0.05) is 18.2 Å². The van der Waals surface area contributed by atoms with Crippen molar-refractivity contribution in [1.82, 2.24) is 20.0 Å². The third kappa shape index (κ3) is 5.02. The summed E-state index contributed by atoms with van der Waals surface area (Å²) in [6, 6.07) is 5.83. The van der Waals surface area contributed by atoms with Crippen molar-refractivity contribution >= 4 is 17.8 Å². The molecule has 2 aliphatic heterocycles. The van der Waals surface area contributed by atoms with Gasteiger partial charge < -0.3 is 15.1 Å². The molecule has 1 aromatic rings. The van der Waals surface area contributed by atoms with Crippen molar-refractivity contribution in [2.45, 2.75) is 50.5 Å². The first kappa shape index (κ1) is 24.4. The molecule has 34 heavy (non-hydrogen) atoms. The molecule has 1 aromatic carbocycles. The van der Waals surface area contributed by atoms with Crippen LogP contribution < -0.4 is 5.32 Å². The number of carbonyl (C=O) groups excluding carboxylic acids is 3. The zero-order valence-electron chi connectivity index (χ0n) is 20.2. The maximum atomic E-state index is 13.9. The Kier molecular flexibility index (Phi) is 7.36. The van der Waals surface area contributed by atoms with Gasteiger partial charge in [0.25, 0.3) is 5.91 Å². The van der Waals surface area contributed by atoms with E-state index in [1.165, 1.54) is 17.0 Å². The van der Waals surface area contributed by atoms with Gasteiger partial charge in [0.05, 0.1) is 0 Å². The largest absolute Gasteiger partial charge is 0.339 e. The lowest BCUT2D eigenvalue weighted by molar-refractivity contribution is -0.135. The fourth-order valence-corrected chi connectivity index (χ4v) is 5.47. The van der Waals surface area contributed by atoms with Gasteiger partial charge in [0.2, 0.25) is 5.91 Å². The molecule has 3 aliphatic rings. The smallest absolute Gasteiger partial charge is 0.325 e. The molecule has 0 radical (unpaired) electrons. The number of urea groups is 1. The fourth-order valence-electron chi connectivity index (χ4n) is 5.47. The number of rotatable bonds is 7. The van der Waals surface area contributed by atoms with E-state index < -0.39 is 11.6 Å². The lowest BCUT2D eigenvalue weighted by atomic mass is 9.73. The average molecular weight is 471 g/mol. The minimum atomic E-state index is -1.13. The number of benzene rings is 1. The van der Waals surface area contributed by atoms with Crippen molar-refractivity contribution in [3.05, 3.63) is 47.3 Å². The van der Waals surface area contributed by atoms with Crippen LogP contribution in [0.3, 0.4) is 0 Å². The van der Waals surface area contributed by atoms with Gasteiger partial charge in [0, 0.05) is 38.2 Å². The summed E-state index contributed by atoms with van der Waals surface area (Å²) in [5.41, 5.74) is 0.449. The van der Waals surface area contributed by atoms with Crippen LogP contribution >= 0.6 is 0 Å². The molecule has 8 heteroatoms. The summed E-state index contributed by atoms with van der Waals surface area (Å²) in [7, 11) is 3.79. The van der Waals surface area contributed by atoms with Crippen LogP contribution in [0.15, 0.2) is 35.9 Å². The van der Waals surface area contributed by atoms with Crippen LogP contribution in [-0.4, -0.2) is 78.4 Å². The number of allylic oxidation sites excluding steroid dienone is 1. The summed E-state index contributed by atoms with van der Waals surface area (Å²) in [5.74, 6) is -0.647. The SMILES string of the molecule is CN(C)CCN1C(=O)N[C@@](Cc2cccc(F)c2)(C2CCN(C(=O)C3=CCCCC3)CC2)C1=O. The van der Waals surface area contributed by atoms with E-state index in [0.717, 1.165) is 31.3 Å². The van der Waals surface area contributed by atoms with E-state index in [4.69, 9.17) is 0 Å². The van der Waals surface area contributed by atoms with Crippen LogP contribution in [-0.2, 0) is 16.0 Å². The highest BCUT2D eigenvalue weighted by Gasteiger charge is 2.56. The van der Waals surface area contributed by atoms with Crippen LogP contribution in [0.25, 0.3) is 0 Å². The second-order valence-corrected chi connectivity index (χ2v) is 10.0. The molecule has 0 bridgehead atoms. The fraction of sp³-hybridized carbons (Fsp3) is 0.577. The zero-order chi connectivity index (χ0) is 24.3. The van der Waals surface area contributed by atoms with Crippen molar-refractivity contribution in [1.29, 1.82) is 0 Å². The minimum Gasteiger partial charge on any atom is -0.339 e. The first-order chi connectivity index (χ1) is 16.3. The van der Waals surface area contributed by atoms with Gasteiger partial charge >= 0.3 is 6.03 Å². The molecular weight excluding hydrogens is 435 g/mol. The van der Waals surface area contributed by atoms with E-state index in [1.807, 2.05) is 23.9 Å². The van der Waals surface area contributed by atoms with E-state index >= 15 is 0 Å². The first-order valence-corrected chi connectivity index (χ1v) is 12.3. The second-order valence-electron chi connectivity index (χ2n) is 10.0. The van der Waals surface area contributed by atoms with Crippen molar-refractivity contribution in [3.8, 4) is 0 Å². The maximum Gasteiger partial charge on any atom is 0.325 e. The molecule has 4 amide bonds. The number of amides is 4. The van der Waals surface area contributed by atoms with Gasteiger partial charge in [0.1, 0.15) is 11.4 Å².